The zero-order valence-electron chi connectivity index (χ0n) is 12.1. The molecule has 20 heavy (non-hydrogen) atoms. The Morgan fingerprint density at radius 3 is 2.50 bits per heavy atom. The smallest absolute Gasteiger partial charge is 0.252 e. The van der Waals surface area contributed by atoms with Crippen LogP contribution in [0.5, 0.6) is 11.5 Å². The maximum atomic E-state index is 12.5. The molecule has 1 spiro atoms. The van der Waals surface area contributed by atoms with Gasteiger partial charge in [0.2, 0.25) is 0 Å². The second kappa shape index (κ2) is 5.00. The highest BCUT2D eigenvalue weighted by Crippen LogP contribution is 2.40. The van der Waals surface area contributed by atoms with Crippen LogP contribution in [-0.4, -0.2) is 25.7 Å². The average molecular weight is 275 g/mol. The SMILES string of the molecule is COc1cc(OC)c2c(c1)C(=O)NC1(CCCCC1)C2. The number of amides is 1. The lowest BCUT2D eigenvalue weighted by Gasteiger charge is -2.42. The van der Waals surface area contributed by atoms with Crippen molar-refractivity contribution >= 4 is 5.91 Å². The number of methoxy groups -OCH3 is 2. The Balaban J connectivity index is 2.04. The third-order valence-corrected chi connectivity index (χ3v) is 4.59. The molecule has 0 unspecified atom stereocenters. The van der Waals surface area contributed by atoms with Gasteiger partial charge >= 0.3 is 0 Å². The molecule has 0 aromatic heterocycles. The van der Waals surface area contributed by atoms with E-state index in [0.717, 1.165) is 30.6 Å². The summed E-state index contributed by atoms with van der Waals surface area (Å²) < 4.78 is 10.7. The number of rotatable bonds is 2. The molecule has 0 bridgehead atoms. The molecule has 1 aliphatic carbocycles. The van der Waals surface area contributed by atoms with Crippen molar-refractivity contribution in [1.29, 1.82) is 0 Å². The molecule has 1 fully saturated rings. The van der Waals surface area contributed by atoms with Crippen LogP contribution in [0.25, 0.3) is 0 Å². The van der Waals surface area contributed by atoms with Gasteiger partial charge in [0.25, 0.3) is 5.91 Å². The van der Waals surface area contributed by atoms with E-state index in [0.29, 0.717) is 11.3 Å². The van der Waals surface area contributed by atoms with Crippen molar-refractivity contribution in [2.75, 3.05) is 14.2 Å². The summed E-state index contributed by atoms with van der Waals surface area (Å²) in [5, 5.41) is 3.24. The monoisotopic (exact) mass is 275 g/mol. The lowest BCUT2D eigenvalue weighted by molar-refractivity contribution is 0.0841. The number of benzene rings is 1. The highest BCUT2D eigenvalue weighted by molar-refractivity contribution is 5.98. The van der Waals surface area contributed by atoms with Crippen LogP contribution in [0.1, 0.15) is 48.0 Å². The topological polar surface area (TPSA) is 47.6 Å². The summed E-state index contributed by atoms with van der Waals surface area (Å²) >= 11 is 0. The van der Waals surface area contributed by atoms with E-state index in [1.54, 1.807) is 14.2 Å². The van der Waals surface area contributed by atoms with Gasteiger partial charge in [0.15, 0.2) is 0 Å². The Hall–Kier alpha value is -1.71. The predicted molar refractivity (Wildman–Crippen MR) is 76.5 cm³/mol. The molecule has 108 valence electrons. The second-order valence-electron chi connectivity index (χ2n) is 5.83. The number of hydrogen-bond acceptors (Lipinski definition) is 3. The van der Waals surface area contributed by atoms with Crippen molar-refractivity contribution < 1.29 is 14.3 Å². The summed E-state index contributed by atoms with van der Waals surface area (Å²) in [5.74, 6) is 1.43. The molecule has 3 rings (SSSR count). The quantitative estimate of drug-likeness (QED) is 0.902. The lowest BCUT2D eigenvalue weighted by atomic mass is 9.74. The number of carbonyl (C=O) groups excluding carboxylic acids is 1. The maximum Gasteiger partial charge on any atom is 0.252 e. The summed E-state index contributed by atoms with van der Waals surface area (Å²) in [5.41, 5.74) is 1.65. The van der Waals surface area contributed by atoms with Gasteiger partial charge in [0.1, 0.15) is 11.5 Å². The summed E-state index contributed by atoms with van der Waals surface area (Å²) in [6.07, 6.45) is 6.63. The van der Waals surface area contributed by atoms with Crippen molar-refractivity contribution in [3.05, 3.63) is 23.3 Å². The van der Waals surface area contributed by atoms with Gasteiger partial charge in [-0.05, 0) is 25.3 Å². The predicted octanol–water partition coefficient (Wildman–Crippen LogP) is 2.69. The average Bonchev–Trinajstić information content (AvgIpc) is 2.47. The van der Waals surface area contributed by atoms with Crippen molar-refractivity contribution in [2.45, 2.75) is 44.1 Å². The summed E-state index contributed by atoms with van der Waals surface area (Å²) in [7, 11) is 3.25. The Morgan fingerprint density at radius 2 is 1.85 bits per heavy atom. The Labute approximate surface area is 119 Å². The van der Waals surface area contributed by atoms with E-state index in [2.05, 4.69) is 5.32 Å². The van der Waals surface area contributed by atoms with Crippen LogP contribution in [0.4, 0.5) is 0 Å². The first-order chi connectivity index (χ1) is 9.67. The van der Waals surface area contributed by atoms with E-state index in [1.165, 1.54) is 19.3 Å². The molecule has 1 amide bonds. The van der Waals surface area contributed by atoms with Crippen LogP contribution in [-0.2, 0) is 6.42 Å². The Kier molecular flexibility index (Phi) is 3.32. The number of hydrogen-bond donors (Lipinski definition) is 1. The van der Waals surface area contributed by atoms with Crippen LogP contribution in [0.2, 0.25) is 0 Å². The minimum absolute atomic E-state index is 0.00495. The highest BCUT2D eigenvalue weighted by Gasteiger charge is 2.40. The van der Waals surface area contributed by atoms with Crippen molar-refractivity contribution in [3.8, 4) is 11.5 Å². The molecular formula is C16H21NO3. The molecular weight excluding hydrogens is 254 g/mol. The maximum absolute atomic E-state index is 12.5. The van der Waals surface area contributed by atoms with Crippen LogP contribution in [0, 0.1) is 0 Å². The molecule has 0 atom stereocenters. The van der Waals surface area contributed by atoms with Gasteiger partial charge in [0, 0.05) is 22.7 Å². The molecule has 1 aliphatic heterocycles. The van der Waals surface area contributed by atoms with Crippen LogP contribution >= 0.6 is 0 Å². The van der Waals surface area contributed by atoms with E-state index in [4.69, 9.17) is 9.47 Å². The third kappa shape index (κ3) is 2.13. The molecule has 4 nitrogen and oxygen atoms in total. The fourth-order valence-electron chi connectivity index (χ4n) is 3.53. The largest absolute Gasteiger partial charge is 0.497 e. The summed E-state index contributed by atoms with van der Waals surface area (Å²) in [6, 6.07) is 3.68. The fraction of sp³-hybridized carbons (Fsp3) is 0.562. The minimum Gasteiger partial charge on any atom is -0.497 e. The van der Waals surface area contributed by atoms with Crippen molar-refractivity contribution in [2.24, 2.45) is 0 Å². The van der Waals surface area contributed by atoms with Crippen LogP contribution in [0.3, 0.4) is 0 Å². The van der Waals surface area contributed by atoms with Gasteiger partial charge in [-0.1, -0.05) is 19.3 Å². The number of fused-ring (bicyclic) bond motifs is 1. The Morgan fingerprint density at radius 1 is 1.10 bits per heavy atom. The van der Waals surface area contributed by atoms with Gasteiger partial charge in [-0.2, -0.15) is 0 Å². The first kappa shape index (κ1) is 13.3. The molecule has 1 aromatic carbocycles. The van der Waals surface area contributed by atoms with Crippen LogP contribution < -0.4 is 14.8 Å². The standard InChI is InChI=1S/C16H21NO3/c1-19-11-8-12-13(14(9-11)20-2)10-16(17-15(12)18)6-4-3-5-7-16/h8-9H,3-7,10H2,1-2H3,(H,17,18). The molecule has 1 heterocycles. The summed E-state index contributed by atoms with van der Waals surface area (Å²) in [4.78, 5) is 12.5. The van der Waals surface area contributed by atoms with E-state index in [9.17, 15) is 4.79 Å². The normalized spacial score (nSPS) is 20.2. The van der Waals surface area contributed by atoms with Gasteiger partial charge in [-0.15, -0.1) is 0 Å². The summed E-state index contributed by atoms with van der Waals surface area (Å²) in [6.45, 7) is 0. The zero-order chi connectivity index (χ0) is 14.2. The van der Waals surface area contributed by atoms with Gasteiger partial charge in [-0.3, -0.25) is 4.79 Å². The van der Waals surface area contributed by atoms with Gasteiger partial charge in [0.05, 0.1) is 14.2 Å². The van der Waals surface area contributed by atoms with Crippen LogP contribution in [0.15, 0.2) is 12.1 Å². The second-order valence-corrected chi connectivity index (χ2v) is 5.83. The number of ether oxygens (including phenoxy) is 2. The molecule has 2 aliphatic rings. The highest BCUT2D eigenvalue weighted by atomic mass is 16.5. The molecule has 0 saturated heterocycles. The number of nitrogens with one attached hydrogen (secondary N) is 1. The van der Waals surface area contributed by atoms with E-state index in [-0.39, 0.29) is 11.4 Å². The van der Waals surface area contributed by atoms with Crippen molar-refractivity contribution in [1.82, 2.24) is 5.32 Å². The Bertz CT molecular complexity index is 533. The lowest BCUT2D eigenvalue weighted by Crippen LogP contribution is -2.54. The van der Waals surface area contributed by atoms with E-state index < -0.39 is 0 Å². The van der Waals surface area contributed by atoms with E-state index in [1.807, 2.05) is 12.1 Å². The molecule has 4 heteroatoms. The first-order valence-electron chi connectivity index (χ1n) is 7.25. The molecule has 1 N–H and O–H groups in total. The zero-order valence-corrected chi connectivity index (χ0v) is 12.1. The molecule has 0 radical (unpaired) electrons. The fourth-order valence-corrected chi connectivity index (χ4v) is 3.53. The molecule has 1 aromatic rings. The third-order valence-electron chi connectivity index (χ3n) is 4.59. The van der Waals surface area contributed by atoms with Gasteiger partial charge < -0.3 is 14.8 Å². The van der Waals surface area contributed by atoms with E-state index >= 15 is 0 Å². The minimum atomic E-state index is -0.0653. The van der Waals surface area contributed by atoms with Crippen molar-refractivity contribution in [3.63, 3.8) is 0 Å². The first-order valence-corrected chi connectivity index (χ1v) is 7.25. The number of carbonyl (C=O) groups is 1. The van der Waals surface area contributed by atoms with Gasteiger partial charge in [-0.25, -0.2) is 0 Å². The molecule has 1 saturated carbocycles.